The van der Waals surface area contributed by atoms with Gasteiger partial charge in [-0.05, 0) is 59.9 Å². The fourth-order valence-corrected chi connectivity index (χ4v) is 7.03. The van der Waals surface area contributed by atoms with Crippen molar-refractivity contribution in [2.45, 2.75) is 37.5 Å². The van der Waals surface area contributed by atoms with Crippen LogP contribution in [0.25, 0.3) is 21.5 Å². The molecule has 4 unspecified atom stereocenters. The number of benzene rings is 4. The standard InChI is InChI=1S/C38H36N2O6S2/c1-39-35(23-31(33-19-9-21-47-33)43-29-17-7-13-25-11-3-5-15-27(25)29)45-37(41)38(42)46-36(40-2)24-32(34-20-10-22-48-34)44-30-18-8-14-26-12-4-6-16-28(26)30/h3-22,31-32,35-36,39-40H,23-24H2,1-2H3. The highest BCUT2D eigenvalue weighted by Crippen LogP contribution is 2.35. The van der Waals surface area contributed by atoms with E-state index in [0.29, 0.717) is 0 Å². The quantitative estimate of drug-likeness (QED) is 0.0679. The molecule has 6 rings (SSSR count). The number of esters is 2. The molecule has 0 spiro atoms. The summed E-state index contributed by atoms with van der Waals surface area (Å²) in [4.78, 5) is 28.1. The SMILES string of the molecule is CNC(CC(Oc1cccc2ccccc12)c1cccs1)OC(=O)C(=O)OC(CC(Oc1cccc2ccccc12)c1cccs1)NC. The summed E-state index contributed by atoms with van der Waals surface area (Å²) < 4.78 is 24.3. The minimum Gasteiger partial charge on any atom is -0.484 e. The second-order valence-corrected chi connectivity index (χ2v) is 13.0. The number of fused-ring (bicyclic) bond motifs is 2. The van der Waals surface area contributed by atoms with Crippen LogP contribution in [0.1, 0.15) is 34.8 Å². The van der Waals surface area contributed by atoms with Gasteiger partial charge in [0.15, 0.2) is 12.5 Å². The van der Waals surface area contributed by atoms with Crippen molar-refractivity contribution in [1.29, 1.82) is 0 Å². The molecule has 6 aromatic rings. The smallest absolute Gasteiger partial charge is 0.419 e. The van der Waals surface area contributed by atoms with E-state index in [2.05, 4.69) is 10.6 Å². The van der Waals surface area contributed by atoms with Gasteiger partial charge in [0, 0.05) is 33.4 Å². The van der Waals surface area contributed by atoms with E-state index in [1.165, 1.54) is 0 Å². The van der Waals surface area contributed by atoms with Gasteiger partial charge in [-0.2, -0.15) is 0 Å². The maximum absolute atomic E-state index is 13.1. The lowest BCUT2D eigenvalue weighted by atomic mass is 10.1. The molecule has 8 nitrogen and oxygen atoms in total. The molecule has 2 N–H and O–H groups in total. The molecule has 0 amide bonds. The summed E-state index contributed by atoms with van der Waals surface area (Å²) in [6.45, 7) is 0. The monoisotopic (exact) mass is 680 g/mol. The molecule has 2 aromatic heterocycles. The van der Waals surface area contributed by atoms with Crippen LogP contribution < -0.4 is 20.1 Å². The van der Waals surface area contributed by atoms with Gasteiger partial charge in [0.25, 0.3) is 0 Å². The Morgan fingerprint density at radius 1 is 0.562 bits per heavy atom. The lowest BCUT2D eigenvalue weighted by molar-refractivity contribution is -0.177. The van der Waals surface area contributed by atoms with Crippen LogP contribution in [0, 0.1) is 0 Å². The highest BCUT2D eigenvalue weighted by molar-refractivity contribution is 7.10. The number of rotatable bonds is 14. The number of nitrogens with one attached hydrogen (secondary N) is 2. The van der Waals surface area contributed by atoms with E-state index in [0.717, 1.165) is 42.8 Å². The van der Waals surface area contributed by atoms with E-state index in [4.69, 9.17) is 18.9 Å². The molecule has 0 aliphatic rings. The molecule has 246 valence electrons. The molecule has 4 aromatic carbocycles. The predicted molar refractivity (Wildman–Crippen MR) is 190 cm³/mol. The van der Waals surface area contributed by atoms with Gasteiger partial charge in [0.1, 0.15) is 23.7 Å². The van der Waals surface area contributed by atoms with E-state index in [1.54, 1.807) is 36.8 Å². The minimum atomic E-state index is -1.10. The van der Waals surface area contributed by atoms with Crippen molar-refractivity contribution in [2.75, 3.05) is 14.1 Å². The molecule has 0 aliphatic heterocycles. The van der Waals surface area contributed by atoms with Crippen molar-refractivity contribution in [3.05, 3.63) is 130 Å². The molecule has 0 radical (unpaired) electrons. The zero-order chi connectivity index (χ0) is 33.3. The van der Waals surface area contributed by atoms with Crippen LogP contribution in [0.3, 0.4) is 0 Å². The van der Waals surface area contributed by atoms with Gasteiger partial charge in [0.05, 0.1) is 0 Å². The first-order chi connectivity index (χ1) is 23.5. The van der Waals surface area contributed by atoms with Gasteiger partial charge >= 0.3 is 11.9 Å². The van der Waals surface area contributed by atoms with E-state index < -0.39 is 36.6 Å². The van der Waals surface area contributed by atoms with E-state index in [9.17, 15) is 9.59 Å². The van der Waals surface area contributed by atoms with Gasteiger partial charge in [-0.15, -0.1) is 22.7 Å². The van der Waals surface area contributed by atoms with Crippen molar-refractivity contribution in [3.63, 3.8) is 0 Å². The fraction of sp³-hybridized carbons (Fsp3) is 0.211. The summed E-state index contributed by atoms with van der Waals surface area (Å²) in [5.41, 5.74) is 0. The van der Waals surface area contributed by atoms with Gasteiger partial charge in [-0.3, -0.25) is 10.6 Å². The van der Waals surface area contributed by atoms with Gasteiger partial charge < -0.3 is 18.9 Å². The average Bonchev–Trinajstić information content (AvgIpc) is 3.86. The van der Waals surface area contributed by atoms with Crippen LogP contribution in [0.2, 0.25) is 0 Å². The van der Waals surface area contributed by atoms with Gasteiger partial charge in [-0.1, -0.05) is 84.9 Å². The summed E-state index contributed by atoms with van der Waals surface area (Å²) in [6, 6.07) is 35.6. The van der Waals surface area contributed by atoms with Crippen LogP contribution in [0.4, 0.5) is 0 Å². The zero-order valence-corrected chi connectivity index (χ0v) is 28.2. The Labute approximate surface area is 287 Å². The number of carbonyl (C=O) groups is 2. The van der Waals surface area contributed by atoms with Crippen molar-refractivity contribution in [3.8, 4) is 11.5 Å². The van der Waals surface area contributed by atoms with Crippen LogP contribution in [-0.4, -0.2) is 38.5 Å². The van der Waals surface area contributed by atoms with Crippen molar-refractivity contribution in [1.82, 2.24) is 10.6 Å². The first-order valence-corrected chi connectivity index (χ1v) is 17.4. The first kappa shape index (κ1) is 33.2. The summed E-state index contributed by atoms with van der Waals surface area (Å²) in [5, 5.41) is 14.0. The second-order valence-electron chi connectivity index (χ2n) is 11.0. The molecule has 4 atom stereocenters. The lowest BCUT2D eigenvalue weighted by Crippen LogP contribution is -2.39. The maximum atomic E-state index is 13.1. The third-order valence-corrected chi connectivity index (χ3v) is 9.85. The molecule has 0 aliphatic carbocycles. The predicted octanol–water partition coefficient (Wildman–Crippen LogP) is 8.01. The summed E-state index contributed by atoms with van der Waals surface area (Å²) in [5.74, 6) is -0.774. The molecular weight excluding hydrogens is 645 g/mol. The second kappa shape index (κ2) is 15.9. The number of thiophene rings is 2. The molecular formula is C38H36N2O6S2. The van der Waals surface area contributed by atoms with E-state index in [1.807, 2.05) is 120 Å². The third-order valence-electron chi connectivity index (χ3n) is 7.92. The van der Waals surface area contributed by atoms with Gasteiger partial charge in [-0.25, -0.2) is 9.59 Å². The van der Waals surface area contributed by atoms with Crippen LogP contribution in [0.15, 0.2) is 120 Å². The number of hydrogen-bond donors (Lipinski definition) is 2. The normalized spacial score (nSPS) is 13.8. The van der Waals surface area contributed by atoms with Crippen LogP contribution >= 0.6 is 22.7 Å². The average molecular weight is 681 g/mol. The summed E-state index contributed by atoms with van der Waals surface area (Å²) >= 11 is 3.09. The molecule has 10 heteroatoms. The zero-order valence-electron chi connectivity index (χ0n) is 26.5. The van der Waals surface area contributed by atoms with E-state index >= 15 is 0 Å². The number of carbonyl (C=O) groups excluding carboxylic acids is 2. The van der Waals surface area contributed by atoms with Crippen LogP contribution in [0.5, 0.6) is 11.5 Å². The lowest BCUT2D eigenvalue weighted by Gasteiger charge is -2.25. The highest BCUT2D eigenvalue weighted by atomic mass is 32.1. The maximum Gasteiger partial charge on any atom is 0.419 e. The Balaban J connectivity index is 1.12. The topological polar surface area (TPSA) is 95.1 Å². The summed E-state index contributed by atoms with van der Waals surface area (Å²) in [6.07, 6.45) is -2.02. The molecule has 0 bridgehead atoms. The van der Waals surface area contributed by atoms with Gasteiger partial charge in [0.2, 0.25) is 0 Å². The molecule has 0 fully saturated rings. The van der Waals surface area contributed by atoms with Crippen LogP contribution in [-0.2, 0) is 19.1 Å². The Morgan fingerprint density at radius 3 is 1.38 bits per heavy atom. The Bertz CT molecular complexity index is 1790. The fourth-order valence-electron chi connectivity index (χ4n) is 5.49. The third kappa shape index (κ3) is 8.03. The Morgan fingerprint density at radius 2 is 0.979 bits per heavy atom. The van der Waals surface area contributed by atoms with Crippen molar-refractivity contribution < 1.29 is 28.5 Å². The Hall–Kier alpha value is -4.74. The van der Waals surface area contributed by atoms with Crippen molar-refractivity contribution in [2.24, 2.45) is 0 Å². The molecule has 48 heavy (non-hydrogen) atoms. The number of hydrogen-bond acceptors (Lipinski definition) is 10. The molecule has 0 saturated heterocycles. The number of ether oxygens (including phenoxy) is 4. The van der Waals surface area contributed by atoms with Crippen molar-refractivity contribution >= 4 is 56.2 Å². The molecule has 0 saturated carbocycles. The summed E-state index contributed by atoms with van der Waals surface area (Å²) in [7, 11) is 3.33. The Kier molecular flexibility index (Phi) is 11.0. The largest absolute Gasteiger partial charge is 0.484 e. The molecule has 2 heterocycles. The minimum absolute atomic E-state index is 0.258. The highest BCUT2D eigenvalue weighted by Gasteiger charge is 2.30. The first-order valence-electron chi connectivity index (χ1n) is 15.6. The van der Waals surface area contributed by atoms with E-state index in [-0.39, 0.29) is 12.8 Å².